The number of nitro benzene ring substituents is 1. The van der Waals surface area contributed by atoms with E-state index in [9.17, 15) is 22.9 Å². The van der Waals surface area contributed by atoms with Crippen molar-refractivity contribution in [3.05, 3.63) is 63.5 Å². The minimum Gasteiger partial charge on any atom is -0.266 e. The van der Waals surface area contributed by atoms with Gasteiger partial charge in [0.1, 0.15) is 5.82 Å². The van der Waals surface area contributed by atoms with Gasteiger partial charge in [-0.1, -0.05) is 6.07 Å². The van der Waals surface area contributed by atoms with E-state index in [1.165, 1.54) is 34.6 Å². The molecule has 0 unspecified atom stereocenters. The maximum absolute atomic E-state index is 13.4. The van der Waals surface area contributed by atoms with Crippen molar-refractivity contribution in [1.29, 1.82) is 0 Å². The van der Waals surface area contributed by atoms with Crippen LogP contribution in [0, 0.1) is 22.9 Å². The zero-order valence-electron chi connectivity index (χ0n) is 12.9. The summed E-state index contributed by atoms with van der Waals surface area (Å²) in [6.07, 6.45) is 1.15. The number of halogens is 1. The second kappa shape index (κ2) is 5.86. The number of hydrogen-bond donors (Lipinski definition) is 0. The van der Waals surface area contributed by atoms with Gasteiger partial charge in [0, 0.05) is 18.7 Å². The highest BCUT2D eigenvalue weighted by molar-refractivity contribution is 7.92. The fraction of sp³-hybridized carbons (Fsp3) is 0.250. The molecule has 0 spiro atoms. The summed E-state index contributed by atoms with van der Waals surface area (Å²) in [4.78, 5) is 10.2. The summed E-state index contributed by atoms with van der Waals surface area (Å²) in [5, 5.41) is 11.0. The molecule has 3 rings (SSSR count). The Morgan fingerprint density at radius 3 is 2.67 bits per heavy atom. The van der Waals surface area contributed by atoms with E-state index in [1.54, 1.807) is 6.92 Å². The first-order valence-corrected chi connectivity index (χ1v) is 8.81. The molecule has 0 saturated heterocycles. The van der Waals surface area contributed by atoms with E-state index >= 15 is 0 Å². The Balaban J connectivity index is 2.14. The number of anilines is 1. The summed E-state index contributed by atoms with van der Waals surface area (Å²) >= 11 is 0. The smallest absolute Gasteiger partial charge is 0.266 e. The number of rotatable bonds is 3. The van der Waals surface area contributed by atoms with Gasteiger partial charge in [-0.2, -0.15) is 0 Å². The van der Waals surface area contributed by atoms with Crippen LogP contribution in [-0.4, -0.2) is 19.9 Å². The minimum atomic E-state index is -3.97. The molecular weight excluding hydrogens is 335 g/mol. The maximum Gasteiger partial charge on any atom is 0.270 e. The first-order chi connectivity index (χ1) is 11.3. The first-order valence-electron chi connectivity index (χ1n) is 7.37. The Morgan fingerprint density at radius 2 is 1.96 bits per heavy atom. The highest BCUT2D eigenvalue weighted by Crippen LogP contribution is 2.34. The summed E-state index contributed by atoms with van der Waals surface area (Å²) in [5.41, 5.74) is 1.19. The lowest BCUT2D eigenvalue weighted by molar-refractivity contribution is -0.385. The van der Waals surface area contributed by atoms with Crippen LogP contribution in [0.15, 0.2) is 41.3 Å². The maximum atomic E-state index is 13.4. The van der Waals surface area contributed by atoms with E-state index in [0.29, 0.717) is 29.7 Å². The van der Waals surface area contributed by atoms with Gasteiger partial charge in [0.15, 0.2) is 0 Å². The van der Waals surface area contributed by atoms with E-state index < -0.39 is 20.8 Å². The second-order valence-electron chi connectivity index (χ2n) is 5.66. The first kappa shape index (κ1) is 16.4. The van der Waals surface area contributed by atoms with Gasteiger partial charge >= 0.3 is 0 Å². The van der Waals surface area contributed by atoms with Crippen LogP contribution < -0.4 is 4.31 Å². The summed E-state index contributed by atoms with van der Waals surface area (Å²) < 4.78 is 40.7. The highest BCUT2D eigenvalue weighted by Gasteiger charge is 2.31. The molecular formula is C16H15FN2O4S. The predicted molar refractivity (Wildman–Crippen MR) is 87.1 cm³/mol. The van der Waals surface area contributed by atoms with Gasteiger partial charge in [0.05, 0.1) is 15.5 Å². The molecule has 0 aliphatic carbocycles. The van der Waals surface area contributed by atoms with E-state index in [-0.39, 0.29) is 17.1 Å². The average Bonchev–Trinajstić information content (AvgIpc) is 2.53. The summed E-state index contributed by atoms with van der Waals surface area (Å²) in [7, 11) is -3.97. The van der Waals surface area contributed by atoms with Crippen LogP contribution in [0.4, 0.5) is 15.8 Å². The molecule has 0 N–H and O–H groups in total. The van der Waals surface area contributed by atoms with E-state index in [0.717, 1.165) is 6.07 Å². The number of sulfonamides is 1. The van der Waals surface area contributed by atoms with Gasteiger partial charge < -0.3 is 0 Å². The van der Waals surface area contributed by atoms with Gasteiger partial charge in [-0.05, 0) is 49.1 Å². The molecule has 0 fully saturated rings. The Kier molecular flexibility index (Phi) is 4.00. The van der Waals surface area contributed by atoms with Crippen LogP contribution in [0.25, 0.3) is 0 Å². The van der Waals surface area contributed by atoms with E-state index in [1.807, 2.05) is 0 Å². The molecule has 0 atom stereocenters. The molecule has 0 bridgehead atoms. The van der Waals surface area contributed by atoms with Crippen molar-refractivity contribution in [2.75, 3.05) is 10.8 Å². The highest BCUT2D eigenvalue weighted by atomic mass is 32.2. The standard InChI is InChI=1S/C16H15FN2O4S/c1-11-4-6-14(19(20)21)10-16(11)24(22,23)18-8-2-3-12-9-13(17)5-7-15(12)18/h4-7,9-10H,2-3,8H2,1H3. The molecule has 0 aromatic heterocycles. The molecule has 126 valence electrons. The third kappa shape index (κ3) is 2.73. The Hall–Kier alpha value is -2.48. The second-order valence-corrected chi connectivity index (χ2v) is 7.49. The lowest BCUT2D eigenvalue weighted by Gasteiger charge is -2.30. The molecule has 1 heterocycles. The number of hydrogen-bond acceptors (Lipinski definition) is 4. The van der Waals surface area contributed by atoms with E-state index in [4.69, 9.17) is 0 Å². The molecule has 1 aliphatic rings. The molecule has 1 aliphatic heterocycles. The number of non-ortho nitro benzene ring substituents is 1. The van der Waals surface area contributed by atoms with Gasteiger partial charge in [-0.15, -0.1) is 0 Å². The quantitative estimate of drug-likeness (QED) is 0.629. The van der Waals surface area contributed by atoms with E-state index in [2.05, 4.69) is 0 Å². The third-order valence-electron chi connectivity index (χ3n) is 4.07. The van der Waals surface area contributed by atoms with Gasteiger partial charge in [-0.25, -0.2) is 12.8 Å². The topological polar surface area (TPSA) is 80.5 Å². The van der Waals surface area contributed by atoms with Crippen molar-refractivity contribution in [2.45, 2.75) is 24.7 Å². The number of aryl methyl sites for hydroxylation is 2. The largest absolute Gasteiger partial charge is 0.270 e. The monoisotopic (exact) mass is 350 g/mol. The fourth-order valence-corrected chi connectivity index (χ4v) is 4.67. The predicted octanol–water partition coefficient (Wildman–Crippen LogP) is 3.18. The molecule has 0 radical (unpaired) electrons. The molecule has 2 aromatic carbocycles. The lowest BCUT2D eigenvalue weighted by Crippen LogP contribution is -2.36. The van der Waals surface area contributed by atoms with Crippen LogP contribution in [-0.2, 0) is 16.4 Å². The summed E-state index contributed by atoms with van der Waals surface area (Å²) in [6, 6.07) is 7.75. The Morgan fingerprint density at radius 1 is 1.21 bits per heavy atom. The fourth-order valence-electron chi connectivity index (χ4n) is 2.88. The van der Waals surface area contributed by atoms with Crippen molar-refractivity contribution in [3.8, 4) is 0 Å². The van der Waals surface area contributed by atoms with Gasteiger partial charge in [-0.3, -0.25) is 14.4 Å². The van der Waals surface area contributed by atoms with Crippen LogP contribution >= 0.6 is 0 Å². The SMILES string of the molecule is Cc1ccc([N+](=O)[O-])cc1S(=O)(=O)N1CCCc2cc(F)ccc21. The molecule has 0 amide bonds. The average molecular weight is 350 g/mol. The van der Waals surface area contributed by atoms with Crippen molar-refractivity contribution >= 4 is 21.4 Å². The summed E-state index contributed by atoms with van der Waals surface area (Å²) in [6.45, 7) is 1.84. The molecule has 8 heteroatoms. The van der Waals surface area contributed by atoms with Crippen LogP contribution in [0.5, 0.6) is 0 Å². The molecule has 6 nitrogen and oxygen atoms in total. The zero-order chi connectivity index (χ0) is 17.5. The van der Waals surface area contributed by atoms with Gasteiger partial charge in [0.2, 0.25) is 0 Å². The normalized spacial score (nSPS) is 14.3. The summed E-state index contributed by atoms with van der Waals surface area (Å²) in [5.74, 6) is -0.417. The number of fused-ring (bicyclic) bond motifs is 1. The van der Waals surface area contributed by atoms with Crippen molar-refractivity contribution < 1.29 is 17.7 Å². The Bertz CT molecular complexity index is 928. The van der Waals surface area contributed by atoms with Crippen molar-refractivity contribution in [1.82, 2.24) is 0 Å². The Labute approximate surface area is 138 Å². The van der Waals surface area contributed by atoms with Crippen LogP contribution in [0.3, 0.4) is 0 Å². The van der Waals surface area contributed by atoms with Crippen LogP contribution in [0.2, 0.25) is 0 Å². The zero-order valence-corrected chi connectivity index (χ0v) is 13.7. The third-order valence-corrected chi connectivity index (χ3v) is 6.02. The number of nitrogens with zero attached hydrogens (tertiary/aromatic N) is 2. The number of benzene rings is 2. The van der Waals surface area contributed by atoms with Gasteiger partial charge in [0.25, 0.3) is 15.7 Å². The van der Waals surface area contributed by atoms with Crippen molar-refractivity contribution in [2.24, 2.45) is 0 Å². The molecule has 24 heavy (non-hydrogen) atoms. The lowest BCUT2D eigenvalue weighted by atomic mass is 10.0. The van der Waals surface area contributed by atoms with Crippen molar-refractivity contribution in [3.63, 3.8) is 0 Å². The molecule has 0 saturated carbocycles. The molecule has 2 aromatic rings. The van der Waals surface area contributed by atoms with Crippen LogP contribution in [0.1, 0.15) is 17.5 Å². The minimum absolute atomic E-state index is 0.103. The number of nitro groups is 1.